The molecule has 6 heteroatoms. The Hall–Kier alpha value is -2.76. The van der Waals surface area contributed by atoms with Crippen LogP contribution < -0.4 is 0 Å². The first-order chi connectivity index (χ1) is 11.4. The Labute approximate surface area is 138 Å². The van der Waals surface area contributed by atoms with Gasteiger partial charge in [-0.05, 0) is 49.6 Å². The van der Waals surface area contributed by atoms with Crippen molar-refractivity contribution in [2.24, 2.45) is 0 Å². The number of nitro benzene ring substituents is 1. The number of hydrogen-bond donors (Lipinski definition) is 0. The quantitative estimate of drug-likeness (QED) is 0.639. The molecule has 24 heavy (non-hydrogen) atoms. The minimum atomic E-state index is -0.433. The van der Waals surface area contributed by atoms with Gasteiger partial charge in [-0.25, -0.2) is 4.39 Å². The minimum Gasteiger partial charge on any atom is -0.334 e. The third-order valence-electron chi connectivity index (χ3n) is 4.44. The van der Waals surface area contributed by atoms with Gasteiger partial charge in [-0.15, -0.1) is 0 Å². The van der Waals surface area contributed by atoms with Crippen molar-refractivity contribution in [1.29, 1.82) is 0 Å². The van der Waals surface area contributed by atoms with E-state index in [9.17, 15) is 19.3 Å². The van der Waals surface area contributed by atoms with E-state index in [4.69, 9.17) is 0 Å². The van der Waals surface area contributed by atoms with Crippen molar-refractivity contribution in [1.82, 2.24) is 4.90 Å². The molecule has 0 atom stereocenters. The van der Waals surface area contributed by atoms with Crippen LogP contribution in [0.3, 0.4) is 0 Å². The summed E-state index contributed by atoms with van der Waals surface area (Å²) in [5.41, 5.74) is 3.12. The molecule has 124 valence electrons. The Morgan fingerprint density at radius 2 is 1.92 bits per heavy atom. The van der Waals surface area contributed by atoms with Crippen LogP contribution >= 0.6 is 0 Å². The highest BCUT2D eigenvalue weighted by Crippen LogP contribution is 2.32. The molecule has 2 aromatic rings. The monoisotopic (exact) mass is 328 g/mol. The number of hydrogen-bond acceptors (Lipinski definition) is 3. The zero-order valence-corrected chi connectivity index (χ0v) is 13.5. The minimum absolute atomic E-state index is 0.00531. The van der Waals surface area contributed by atoms with Gasteiger partial charge in [0.25, 0.3) is 11.6 Å². The summed E-state index contributed by atoms with van der Waals surface area (Å²) in [6, 6.07) is 7.74. The molecule has 0 spiro atoms. The van der Waals surface area contributed by atoms with Crippen LogP contribution in [-0.2, 0) is 13.0 Å². The summed E-state index contributed by atoms with van der Waals surface area (Å²) in [6.45, 7) is 4.23. The maximum Gasteiger partial charge on any atom is 0.275 e. The summed E-state index contributed by atoms with van der Waals surface area (Å²) < 4.78 is 13.0. The van der Waals surface area contributed by atoms with Gasteiger partial charge in [0.05, 0.1) is 10.5 Å². The van der Waals surface area contributed by atoms with E-state index in [0.29, 0.717) is 36.2 Å². The molecular weight excluding hydrogens is 311 g/mol. The van der Waals surface area contributed by atoms with E-state index >= 15 is 0 Å². The van der Waals surface area contributed by atoms with Crippen LogP contribution in [0.15, 0.2) is 30.3 Å². The number of carbonyl (C=O) groups is 1. The van der Waals surface area contributed by atoms with E-state index in [0.717, 1.165) is 11.1 Å². The zero-order valence-electron chi connectivity index (χ0n) is 13.5. The predicted molar refractivity (Wildman–Crippen MR) is 87.4 cm³/mol. The molecule has 0 fully saturated rings. The molecule has 0 bridgehead atoms. The molecule has 0 unspecified atom stereocenters. The lowest BCUT2D eigenvalue weighted by molar-refractivity contribution is -0.386. The van der Waals surface area contributed by atoms with E-state index < -0.39 is 4.92 Å². The van der Waals surface area contributed by atoms with Crippen LogP contribution in [0.5, 0.6) is 0 Å². The fourth-order valence-corrected chi connectivity index (χ4v) is 3.31. The average molecular weight is 328 g/mol. The first-order valence-electron chi connectivity index (χ1n) is 7.69. The molecule has 0 saturated carbocycles. The third kappa shape index (κ3) is 2.75. The number of fused-ring (bicyclic) bond motifs is 1. The summed E-state index contributed by atoms with van der Waals surface area (Å²) >= 11 is 0. The number of nitro groups is 1. The number of amides is 1. The standard InChI is InChI=1S/C18H17FN2O3/c1-11-9-14-7-8-20(10-13-3-5-15(19)6-4-13)18(22)16(14)12(2)17(11)21(23)24/h3-6,9H,7-8,10H2,1-2H3. The van der Waals surface area contributed by atoms with E-state index in [1.54, 1.807) is 36.9 Å². The molecule has 1 aliphatic rings. The van der Waals surface area contributed by atoms with Crippen LogP contribution in [0, 0.1) is 29.8 Å². The fourth-order valence-electron chi connectivity index (χ4n) is 3.31. The van der Waals surface area contributed by atoms with Gasteiger partial charge in [-0.2, -0.15) is 0 Å². The molecule has 0 aliphatic carbocycles. The van der Waals surface area contributed by atoms with Crippen LogP contribution in [-0.4, -0.2) is 22.3 Å². The Bertz CT molecular complexity index is 831. The van der Waals surface area contributed by atoms with Crippen molar-refractivity contribution in [2.75, 3.05) is 6.54 Å². The van der Waals surface area contributed by atoms with Gasteiger partial charge in [0.15, 0.2) is 0 Å². The summed E-state index contributed by atoms with van der Waals surface area (Å²) in [7, 11) is 0. The molecule has 0 N–H and O–H groups in total. The molecule has 5 nitrogen and oxygen atoms in total. The predicted octanol–water partition coefficient (Wildman–Crippen LogP) is 3.55. The zero-order chi connectivity index (χ0) is 17.4. The SMILES string of the molecule is Cc1cc2c(c(C)c1[N+](=O)[O-])C(=O)N(Cc1ccc(F)cc1)CC2. The summed E-state index contributed by atoms with van der Waals surface area (Å²) in [5.74, 6) is -0.530. The first-order valence-corrected chi connectivity index (χ1v) is 7.69. The van der Waals surface area contributed by atoms with Gasteiger partial charge in [-0.1, -0.05) is 12.1 Å². The van der Waals surface area contributed by atoms with E-state index in [2.05, 4.69) is 0 Å². The largest absolute Gasteiger partial charge is 0.334 e. The Morgan fingerprint density at radius 3 is 2.54 bits per heavy atom. The van der Waals surface area contributed by atoms with Crippen LogP contribution in [0.1, 0.15) is 32.6 Å². The second-order valence-corrected chi connectivity index (χ2v) is 6.06. The van der Waals surface area contributed by atoms with Gasteiger partial charge < -0.3 is 4.90 Å². The second kappa shape index (κ2) is 6.03. The van der Waals surface area contributed by atoms with Gasteiger partial charge in [0.1, 0.15) is 5.82 Å². The topological polar surface area (TPSA) is 63.5 Å². The molecule has 2 aromatic carbocycles. The van der Waals surface area contributed by atoms with Crippen molar-refractivity contribution >= 4 is 11.6 Å². The number of carbonyl (C=O) groups excluding carboxylic acids is 1. The van der Waals surface area contributed by atoms with Crippen molar-refractivity contribution < 1.29 is 14.1 Å². The number of aryl methyl sites for hydroxylation is 1. The Morgan fingerprint density at radius 1 is 1.25 bits per heavy atom. The van der Waals surface area contributed by atoms with Crippen molar-refractivity contribution in [2.45, 2.75) is 26.8 Å². The van der Waals surface area contributed by atoms with Gasteiger partial charge in [0.2, 0.25) is 0 Å². The number of rotatable bonds is 3. The Kier molecular flexibility index (Phi) is 4.05. The van der Waals surface area contributed by atoms with Gasteiger partial charge >= 0.3 is 0 Å². The molecule has 0 aromatic heterocycles. The Balaban J connectivity index is 1.96. The van der Waals surface area contributed by atoms with Crippen molar-refractivity contribution in [3.05, 3.63) is 74.1 Å². The number of nitrogens with zero attached hydrogens (tertiary/aromatic N) is 2. The van der Waals surface area contributed by atoms with Crippen LogP contribution in [0.4, 0.5) is 10.1 Å². The van der Waals surface area contributed by atoms with Gasteiger partial charge in [-0.3, -0.25) is 14.9 Å². The maximum absolute atomic E-state index is 13.0. The summed E-state index contributed by atoms with van der Waals surface area (Å²) in [6.07, 6.45) is 0.655. The lowest BCUT2D eigenvalue weighted by Crippen LogP contribution is -2.37. The molecule has 1 amide bonds. The fraction of sp³-hybridized carbons (Fsp3) is 0.278. The molecule has 1 heterocycles. The normalized spacial score (nSPS) is 13.8. The van der Waals surface area contributed by atoms with E-state index in [-0.39, 0.29) is 17.4 Å². The molecule has 3 rings (SSSR count). The number of halogens is 1. The molecule has 0 radical (unpaired) electrons. The molecular formula is C18H17FN2O3. The van der Waals surface area contributed by atoms with Crippen molar-refractivity contribution in [3.8, 4) is 0 Å². The van der Waals surface area contributed by atoms with Crippen LogP contribution in [0.25, 0.3) is 0 Å². The average Bonchev–Trinajstić information content (AvgIpc) is 2.51. The summed E-state index contributed by atoms with van der Waals surface area (Å²) in [5, 5.41) is 11.3. The number of benzene rings is 2. The molecule has 0 saturated heterocycles. The van der Waals surface area contributed by atoms with Crippen molar-refractivity contribution in [3.63, 3.8) is 0 Å². The highest BCUT2D eigenvalue weighted by atomic mass is 19.1. The van der Waals surface area contributed by atoms with Gasteiger partial charge in [0, 0.05) is 24.2 Å². The highest BCUT2D eigenvalue weighted by Gasteiger charge is 2.31. The third-order valence-corrected chi connectivity index (χ3v) is 4.44. The highest BCUT2D eigenvalue weighted by molar-refractivity contribution is 5.99. The maximum atomic E-state index is 13.0. The lowest BCUT2D eigenvalue weighted by atomic mass is 9.91. The smallest absolute Gasteiger partial charge is 0.275 e. The first kappa shape index (κ1) is 16.1. The lowest BCUT2D eigenvalue weighted by Gasteiger charge is -2.30. The van der Waals surface area contributed by atoms with E-state index in [1.165, 1.54) is 12.1 Å². The van der Waals surface area contributed by atoms with Crippen LogP contribution in [0.2, 0.25) is 0 Å². The molecule has 1 aliphatic heterocycles. The summed E-state index contributed by atoms with van der Waals surface area (Å²) in [4.78, 5) is 25.3. The van der Waals surface area contributed by atoms with E-state index in [1.807, 2.05) is 0 Å². The second-order valence-electron chi connectivity index (χ2n) is 6.06.